The van der Waals surface area contributed by atoms with Crippen molar-refractivity contribution >= 4 is 43.5 Å². The third kappa shape index (κ3) is 3.41. The molecule has 0 radical (unpaired) electrons. The number of hydrogen-bond donors (Lipinski definition) is 0. The molecule has 1 aromatic heterocycles. The van der Waals surface area contributed by atoms with Crippen LogP contribution in [0.25, 0.3) is 0 Å². The van der Waals surface area contributed by atoms with Crippen LogP contribution in [0.4, 0.5) is 0 Å². The largest absolute Gasteiger partial charge is 0.276 e. The van der Waals surface area contributed by atoms with E-state index < -0.39 is 0 Å². The summed E-state index contributed by atoms with van der Waals surface area (Å²) in [5.41, 5.74) is 2.26. The van der Waals surface area contributed by atoms with Crippen LogP contribution in [0.3, 0.4) is 0 Å². The molecular formula is C14H15Br2ClN2. The van der Waals surface area contributed by atoms with E-state index in [2.05, 4.69) is 49.1 Å². The van der Waals surface area contributed by atoms with E-state index in [-0.39, 0.29) is 5.41 Å². The first kappa shape index (κ1) is 15.1. The minimum atomic E-state index is -0.0424. The number of aromatic nitrogens is 2. The Kier molecular flexibility index (Phi) is 5.09. The van der Waals surface area contributed by atoms with Crippen molar-refractivity contribution in [1.29, 1.82) is 0 Å². The predicted octanol–water partition coefficient (Wildman–Crippen LogP) is 4.34. The van der Waals surface area contributed by atoms with Gasteiger partial charge in [-0.15, -0.1) is 0 Å². The highest BCUT2D eigenvalue weighted by Crippen LogP contribution is 2.33. The Morgan fingerprint density at radius 3 is 2.53 bits per heavy atom. The summed E-state index contributed by atoms with van der Waals surface area (Å²) in [6, 6.07) is 10.1. The zero-order valence-corrected chi connectivity index (χ0v) is 14.5. The van der Waals surface area contributed by atoms with E-state index in [4.69, 9.17) is 11.6 Å². The zero-order valence-electron chi connectivity index (χ0n) is 10.6. The highest BCUT2D eigenvalue weighted by Gasteiger charge is 2.31. The average Bonchev–Trinajstić information content (AvgIpc) is 2.81. The summed E-state index contributed by atoms with van der Waals surface area (Å²) in [6.45, 7) is 0. The summed E-state index contributed by atoms with van der Waals surface area (Å²) >= 11 is 13.4. The third-order valence-electron chi connectivity index (χ3n) is 3.24. The average molecular weight is 407 g/mol. The van der Waals surface area contributed by atoms with Crippen molar-refractivity contribution in [3.05, 3.63) is 52.8 Å². The van der Waals surface area contributed by atoms with Crippen molar-refractivity contribution in [2.75, 3.05) is 10.7 Å². The van der Waals surface area contributed by atoms with Gasteiger partial charge in [0.05, 0.1) is 5.69 Å². The zero-order chi connectivity index (χ0) is 13.9. The topological polar surface area (TPSA) is 17.8 Å². The normalized spacial score (nSPS) is 11.8. The van der Waals surface area contributed by atoms with Gasteiger partial charge in [-0.1, -0.05) is 55.6 Å². The Bertz CT molecular complexity index is 550. The first-order chi connectivity index (χ1) is 9.09. The summed E-state index contributed by atoms with van der Waals surface area (Å²) < 4.78 is 1.83. The van der Waals surface area contributed by atoms with Gasteiger partial charge < -0.3 is 0 Å². The first-order valence-corrected chi connectivity index (χ1v) is 8.58. The Morgan fingerprint density at radius 2 is 2.00 bits per heavy atom. The molecule has 0 spiro atoms. The Balaban J connectivity index is 2.37. The second-order valence-corrected chi connectivity index (χ2v) is 6.27. The molecule has 19 heavy (non-hydrogen) atoms. The summed E-state index contributed by atoms with van der Waals surface area (Å²) in [5.74, 6) is 0. The molecule has 0 saturated heterocycles. The molecule has 0 N–H and O–H groups in total. The van der Waals surface area contributed by atoms with Crippen LogP contribution in [0.1, 0.15) is 11.3 Å². The number of nitrogens with zero attached hydrogens (tertiary/aromatic N) is 2. The van der Waals surface area contributed by atoms with Crippen molar-refractivity contribution in [3.8, 4) is 0 Å². The maximum absolute atomic E-state index is 6.12. The van der Waals surface area contributed by atoms with E-state index in [0.29, 0.717) is 0 Å². The first-order valence-electron chi connectivity index (χ1n) is 5.96. The lowest BCUT2D eigenvalue weighted by atomic mass is 9.80. The van der Waals surface area contributed by atoms with E-state index in [0.717, 1.165) is 27.8 Å². The molecule has 2 rings (SSSR count). The van der Waals surface area contributed by atoms with Gasteiger partial charge in [-0.25, -0.2) is 0 Å². The second-order valence-electron chi connectivity index (χ2n) is 4.72. The van der Waals surface area contributed by atoms with Crippen molar-refractivity contribution in [2.45, 2.75) is 11.8 Å². The molecule has 0 saturated carbocycles. The molecule has 0 aliphatic carbocycles. The van der Waals surface area contributed by atoms with Crippen molar-refractivity contribution in [3.63, 3.8) is 0 Å². The third-order valence-corrected chi connectivity index (χ3v) is 5.62. The number of aryl methyl sites for hydroxylation is 1. The quantitative estimate of drug-likeness (QED) is 0.676. The molecular weight excluding hydrogens is 391 g/mol. The molecule has 0 unspecified atom stereocenters. The van der Waals surface area contributed by atoms with Crippen molar-refractivity contribution in [2.24, 2.45) is 7.05 Å². The Hall–Kier alpha value is -0.320. The molecule has 1 heterocycles. The van der Waals surface area contributed by atoms with Crippen LogP contribution in [0.2, 0.25) is 5.02 Å². The molecule has 1 aromatic carbocycles. The van der Waals surface area contributed by atoms with Gasteiger partial charge in [0.2, 0.25) is 0 Å². The van der Waals surface area contributed by atoms with Crippen LogP contribution in [0.5, 0.6) is 0 Å². The lowest BCUT2D eigenvalue weighted by Crippen LogP contribution is -2.33. The van der Waals surface area contributed by atoms with E-state index in [1.807, 2.05) is 36.1 Å². The van der Waals surface area contributed by atoms with Crippen LogP contribution < -0.4 is 0 Å². The maximum atomic E-state index is 6.12. The number of alkyl halides is 2. The fourth-order valence-corrected chi connectivity index (χ4v) is 4.27. The molecule has 5 heteroatoms. The smallest absolute Gasteiger partial charge is 0.0633 e. The van der Waals surface area contributed by atoms with Gasteiger partial charge in [-0.2, -0.15) is 5.10 Å². The van der Waals surface area contributed by atoms with Gasteiger partial charge in [0, 0.05) is 40.8 Å². The fraction of sp³-hybridized carbons (Fsp3) is 0.357. The monoisotopic (exact) mass is 404 g/mol. The molecule has 0 aliphatic rings. The summed E-state index contributed by atoms with van der Waals surface area (Å²) in [4.78, 5) is 0. The van der Waals surface area contributed by atoms with Gasteiger partial charge in [-0.3, -0.25) is 4.68 Å². The van der Waals surface area contributed by atoms with Crippen LogP contribution in [0, 0.1) is 0 Å². The molecule has 0 fully saturated rings. The van der Waals surface area contributed by atoms with Crippen LogP contribution in [-0.4, -0.2) is 20.4 Å². The summed E-state index contributed by atoms with van der Waals surface area (Å²) in [6.07, 6.45) is 2.84. The maximum Gasteiger partial charge on any atom is 0.0633 e. The molecule has 2 aromatic rings. The molecule has 0 aliphatic heterocycles. The van der Waals surface area contributed by atoms with Gasteiger partial charge in [0.1, 0.15) is 0 Å². The van der Waals surface area contributed by atoms with Crippen LogP contribution in [-0.2, 0) is 18.9 Å². The van der Waals surface area contributed by atoms with Crippen LogP contribution >= 0.6 is 43.5 Å². The van der Waals surface area contributed by atoms with Crippen molar-refractivity contribution in [1.82, 2.24) is 9.78 Å². The predicted molar refractivity (Wildman–Crippen MR) is 87.6 cm³/mol. The lowest BCUT2D eigenvalue weighted by Gasteiger charge is -2.30. The molecule has 0 amide bonds. The number of halogens is 3. The standard InChI is InChI=1S/C14H15Br2ClN2/c1-19-6-5-13(18-19)8-14(9-15,10-16)11-3-2-4-12(17)7-11/h2-7H,8-10H2,1H3. The van der Waals surface area contributed by atoms with Gasteiger partial charge in [0.15, 0.2) is 0 Å². The van der Waals surface area contributed by atoms with Crippen LogP contribution in [0.15, 0.2) is 36.5 Å². The number of rotatable bonds is 5. The SMILES string of the molecule is Cn1ccc(CC(CBr)(CBr)c2cccc(Cl)c2)n1. The molecule has 102 valence electrons. The van der Waals surface area contributed by atoms with Gasteiger partial charge >= 0.3 is 0 Å². The molecule has 0 atom stereocenters. The van der Waals surface area contributed by atoms with Gasteiger partial charge in [0.25, 0.3) is 0 Å². The van der Waals surface area contributed by atoms with Gasteiger partial charge in [-0.05, 0) is 23.8 Å². The van der Waals surface area contributed by atoms with E-state index in [9.17, 15) is 0 Å². The minimum absolute atomic E-state index is 0.0424. The minimum Gasteiger partial charge on any atom is -0.276 e. The number of benzene rings is 1. The van der Waals surface area contributed by atoms with E-state index in [1.54, 1.807) is 0 Å². The van der Waals surface area contributed by atoms with E-state index in [1.165, 1.54) is 5.56 Å². The summed E-state index contributed by atoms with van der Waals surface area (Å²) in [5, 5.41) is 6.95. The highest BCUT2D eigenvalue weighted by atomic mass is 79.9. The van der Waals surface area contributed by atoms with Crippen molar-refractivity contribution < 1.29 is 0 Å². The molecule has 0 bridgehead atoms. The number of hydrogen-bond acceptors (Lipinski definition) is 1. The lowest BCUT2D eigenvalue weighted by molar-refractivity contribution is 0.537. The summed E-state index contributed by atoms with van der Waals surface area (Å²) in [7, 11) is 1.94. The second kappa shape index (κ2) is 6.42. The van der Waals surface area contributed by atoms with E-state index >= 15 is 0 Å². The Labute approximate surface area is 135 Å². The Morgan fingerprint density at radius 1 is 1.26 bits per heavy atom. The fourth-order valence-electron chi connectivity index (χ4n) is 2.11. The highest BCUT2D eigenvalue weighted by molar-refractivity contribution is 9.09. The molecule has 2 nitrogen and oxygen atoms in total.